The molecule has 3 aromatic rings. The minimum absolute atomic E-state index is 0.00460. The molecule has 188 valence electrons. The number of carbonyl (C=O) groups is 1. The molecule has 1 amide bonds. The van der Waals surface area contributed by atoms with Crippen molar-refractivity contribution in [2.45, 2.75) is 51.7 Å². The lowest BCUT2D eigenvalue weighted by molar-refractivity contribution is -0.144. The molecule has 1 N–H and O–H groups in total. The van der Waals surface area contributed by atoms with Crippen molar-refractivity contribution >= 4 is 11.7 Å². The largest absolute Gasteiger partial charge is 0.496 e. The Morgan fingerprint density at radius 3 is 2.57 bits per heavy atom. The van der Waals surface area contributed by atoms with Crippen LogP contribution in [0.3, 0.4) is 0 Å². The van der Waals surface area contributed by atoms with Crippen LogP contribution in [-0.2, 0) is 17.4 Å². The number of alkyl halides is 3. The molecule has 1 saturated heterocycles. The average molecular weight is 491 g/mol. The molecule has 0 radical (unpaired) electrons. The first kappa shape index (κ1) is 24.9. The molecule has 3 heterocycles. The van der Waals surface area contributed by atoms with Crippen molar-refractivity contribution in [2.75, 3.05) is 26.7 Å². The Bertz CT molecular complexity index is 1200. The molecule has 11 heteroatoms. The summed E-state index contributed by atoms with van der Waals surface area (Å²) in [5.41, 5.74) is 2.75. The van der Waals surface area contributed by atoms with Crippen molar-refractivity contribution in [3.8, 4) is 5.75 Å². The second-order valence-corrected chi connectivity index (χ2v) is 8.71. The molecular weight excluding hydrogens is 461 g/mol. The van der Waals surface area contributed by atoms with Gasteiger partial charge in [0, 0.05) is 29.9 Å². The molecule has 1 aliphatic heterocycles. The smallest absolute Gasteiger partial charge is 0.453 e. The van der Waals surface area contributed by atoms with Gasteiger partial charge in [0.15, 0.2) is 0 Å². The van der Waals surface area contributed by atoms with Gasteiger partial charge in [0.2, 0.25) is 5.91 Å². The Balaban J connectivity index is 1.45. The van der Waals surface area contributed by atoms with E-state index in [1.165, 1.54) is 0 Å². The van der Waals surface area contributed by atoms with E-state index in [9.17, 15) is 18.0 Å². The molecule has 35 heavy (non-hydrogen) atoms. The van der Waals surface area contributed by atoms with Gasteiger partial charge in [0.05, 0.1) is 13.2 Å². The number of hydrogen-bond acceptors (Lipinski definition) is 6. The zero-order valence-electron chi connectivity index (χ0n) is 20.0. The van der Waals surface area contributed by atoms with Crippen LogP contribution < -0.4 is 10.1 Å². The number of ether oxygens (including phenoxy) is 1. The van der Waals surface area contributed by atoms with Gasteiger partial charge in [-0.2, -0.15) is 18.2 Å². The van der Waals surface area contributed by atoms with Crippen LogP contribution >= 0.6 is 0 Å². The summed E-state index contributed by atoms with van der Waals surface area (Å²) in [6.45, 7) is 5.72. The molecule has 0 aliphatic carbocycles. The summed E-state index contributed by atoms with van der Waals surface area (Å²) < 4.78 is 45.7. The number of rotatable bonds is 8. The minimum Gasteiger partial charge on any atom is -0.496 e. The van der Waals surface area contributed by atoms with Crippen LogP contribution in [0.25, 0.3) is 5.78 Å². The van der Waals surface area contributed by atoms with Gasteiger partial charge in [0.25, 0.3) is 11.6 Å². The van der Waals surface area contributed by atoms with E-state index >= 15 is 0 Å². The Kier molecular flexibility index (Phi) is 7.25. The summed E-state index contributed by atoms with van der Waals surface area (Å²) in [6, 6.07) is 7.82. The monoisotopic (exact) mass is 490 g/mol. The van der Waals surface area contributed by atoms with Gasteiger partial charge in [-0.1, -0.05) is 18.2 Å². The number of nitrogens with zero attached hydrogens (tertiary/aromatic N) is 5. The average Bonchev–Trinajstić information content (AvgIpc) is 3.50. The van der Waals surface area contributed by atoms with E-state index in [1.807, 2.05) is 24.3 Å². The Morgan fingerprint density at radius 2 is 1.89 bits per heavy atom. The highest BCUT2D eigenvalue weighted by atomic mass is 19.4. The highest BCUT2D eigenvalue weighted by Gasteiger charge is 2.37. The van der Waals surface area contributed by atoms with Crippen LogP contribution in [0.5, 0.6) is 5.75 Å². The molecule has 1 atom stereocenters. The third kappa shape index (κ3) is 5.39. The number of likely N-dealkylation sites (tertiary alicyclic amines) is 1. The topological polar surface area (TPSA) is 84.6 Å². The summed E-state index contributed by atoms with van der Waals surface area (Å²) in [7, 11) is 1.64. The lowest BCUT2D eigenvalue weighted by Crippen LogP contribution is -2.37. The number of aryl methyl sites for hydroxylation is 2. The first-order valence-electron chi connectivity index (χ1n) is 11.6. The van der Waals surface area contributed by atoms with E-state index in [4.69, 9.17) is 4.74 Å². The number of carbonyl (C=O) groups excluding carboxylic acids is 1. The van der Waals surface area contributed by atoms with E-state index in [1.54, 1.807) is 21.0 Å². The summed E-state index contributed by atoms with van der Waals surface area (Å²) in [4.78, 5) is 22.8. The molecule has 8 nitrogen and oxygen atoms in total. The Morgan fingerprint density at radius 1 is 1.17 bits per heavy atom. The Hall–Kier alpha value is -3.21. The SMILES string of the molecule is COc1ccccc1C(CNC(=O)CCc1c(C)nc2nc(C(F)(F)F)nn2c1C)N1CCCC1. The molecule has 0 saturated carbocycles. The third-order valence-corrected chi connectivity index (χ3v) is 6.48. The molecule has 1 aromatic carbocycles. The number of methoxy groups -OCH3 is 1. The van der Waals surface area contributed by atoms with Crippen LogP contribution in [0.4, 0.5) is 13.2 Å². The van der Waals surface area contributed by atoms with E-state index < -0.39 is 12.0 Å². The normalized spacial score (nSPS) is 15.5. The number of para-hydroxylation sites is 1. The quantitative estimate of drug-likeness (QED) is 0.519. The summed E-state index contributed by atoms with van der Waals surface area (Å²) >= 11 is 0. The third-order valence-electron chi connectivity index (χ3n) is 6.48. The molecule has 1 fully saturated rings. The van der Waals surface area contributed by atoms with Crippen molar-refractivity contribution in [2.24, 2.45) is 0 Å². The number of benzene rings is 1. The van der Waals surface area contributed by atoms with Gasteiger partial charge >= 0.3 is 6.18 Å². The number of fused-ring (bicyclic) bond motifs is 1. The van der Waals surface area contributed by atoms with Gasteiger partial charge in [-0.25, -0.2) is 9.50 Å². The summed E-state index contributed by atoms with van der Waals surface area (Å²) in [5.74, 6) is -0.689. The highest BCUT2D eigenvalue weighted by molar-refractivity contribution is 5.76. The van der Waals surface area contributed by atoms with E-state index in [2.05, 4.69) is 25.3 Å². The van der Waals surface area contributed by atoms with Crippen LogP contribution in [0.1, 0.15) is 53.6 Å². The number of halogens is 3. The molecular formula is C24H29F3N6O2. The number of aromatic nitrogens is 4. The predicted octanol–water partition coefficient (Wildman–Crippen LogP) is 3.65. The lowest BCUT2D eigenvalue weighted by Gasteiger charge is -2.29. The summed E-state index contributed by atoms with van der Waals surface area (Å²) in [5, 5.41) is 6.61. The fourth-order valence-corrected chi connectivity index (χ4v) is 4.66. The van der Waals surface area contributed by atoms with Gasteiger partial charge in [-0.15, -0.1) is 5.10 Å². The van der Waals surface area contributed by atoms with E-state index in [0.29, 0.717) is 29.9 Å². The van der Waals surface area contributed by atoms with Gasteiger partial charge in [0.1, 0.15) is 5.75 Å². The van der Waals surface area contributed by atoms with E-state index in [0.717, 1.165) is 41.8 Å². The zero-order valence-corrected chi connectivity index (χ0v) is 20.0. The fourth-order valence-electron chi connectivity index (χ4n) is 4.66. The molecule has 2 aromatic heterocycles. The number of nitrogens with one attached hydrogen (secondary N) is 1. The van der Waals surface area contributed by atoms with Gasteiger partial charge in [-0.05, 0) is 57.8 Å². The maximum Gasteiger partial charge on any atom is 0.453 e. The van der Waals surface area contributed by atoms with Crippen molar-refractivity contribution in [1.29, 1.82) is 0 Å². The molecule has 0 spiro atoms. The molecule has 1 aliphatic rings. The van der Waals surface area contributed by atoms with Crippen molar-refractivity contribution in [3.05, 3.63) is 52.6 Å². The van der Waals surface area contributed by atoms with Crippen LogP contribution in [0.2, 0.25) is 0 Å². The van der Waals surface area contributed by atoms with Crippen molar-refractivity contribution < 1.29 is 22.7 Å². The lowest BCUT2D eigenvalue weighted by atomic mass is 10.0. The van der Waals surface area contributed by atoms with Crippen LogP contribution in [-0.4, -0.2) is 57.1 Å². The molecule has 0 bridgehead atoms. The van der Waals surface area contributed by atoms with Crippen LogP contribution in [0, 0.1) is 13.8 Å². The van der Waals surface area contributed by atoms with E-state index in [-0.39, 0.29) is 24.1 Å². The molecule has 4 rings (SSSR count). The highest BCUT2D eigenvalue weighted by Crippen LogP contribution is 2.31. The number of amides is 1. The maximum atomic E-state index is 13.0. The minimum atomic E-state index is -4.65. The van der Waals surface area contributed by atoms with Gasteiger partial charge < -0.3 is 10.1 Å². The van der Waals surface area contributed by atoms with Crippen molar-refractivity contribution in [1.82, 2.24) is 29.8 Å². The summed E-state index contributed by atoms with van der Waals surface area (Å²) in [6.07, 6.45) is -1.91. The predicted molar refractivity (Wildman–Crippen MR) is 123 cm³/mol. The van der Waals surface area contributed by atoms with Gasteiger partial charge in [-0.3, -0.25) is 9.69 Å². The number of hydrogen-bond donors (Lipinski definition) is 1. The molecule has 1 unspecified atom stereocenters. The van der Waals surface area contributed by atoms with Crippen molar-refractivity contribution in [3.63, 3.8) is 0 Å². The first-order chi connectivity index (χ1) is 16.7. The Labute approximate surface area is 201 Å². The standard InChI is InChI=1S/C24H29F3N6O2/c1-15-17(16(2)33-23(29-15)30-22(31-33)24(25,26)27)10-11-21(34)28-14-19(32-12-6-7-13-32)18-8-4-5-9-20(18)35-3/h4-5,8-9,19H,6-7,10-14H2,1-3H3,(H,28,34). The van der Waals surface area contributed by atoms with Crippen LogP contribution in [0.15, 0.2) is 24.3 Å². The maximum absolute atomic E-state index is 13.0. The fraction of sp³-hybridized carbons (Fsp3) is 0.500. The zero-order chi connectivity index (χ0) is 25.2. The second-order valence-electron chi connectivity index (χ2n) is 8.71. The second kappa shape index (κ2) is 10.2. The first-order valence-corrected chi connectivity index (χ1v) is 11.6.